The summed E-state index contributed by atoms with van der Waals surface area (Å²) in [6.07, 6.45) is -1.68. The van der Waals surface area contributed by atoms with E-state index in [4.69, 9.17) is 14.2 Å². The third kappa shape index (κ3) is 4.34. The lowest BCUT2D eigenvalue weighted by atomic mass is 10.1. The number of hydrogen-bond acceptors (Lipinski definition) is 6. The van der Waals surface area contributed by atoms with Gasteiger partial charge in [0.25, 0.3) is 11.8 Å². The molecule has 0 radical (unpaired) electrons. The summed E-state index contributed by atoms with van der Waals surface area (Å²) in [5.41, 5.74) is 0.152. The first-order valence-electron chi connectivity index (χ1n) is 9.24. The molecule has 2 aliphatic heterocycles. The number of fused-ring (bicyclic) bond motifs is 1. The van der Waals surface area contributed by atoms with Crippen molar-refractivity contribution in [3.8, 4) is 0 Å². The Bertz CT molecular complexity index is 763. The van der Waals surface area contributed by atoms with Gasteiger partial charge in [-0.2, -0.15) is 0 Å². The molecule has 2 aliphatic rings. The predicted octanol–water partition coefficient (Wildman–Crippen LogP) is 2.33. The number of nitrogens with one attached hydrogen (secondary N) is 1. The lowest BCUT2D eigenvalue weighted by Gasteiger charge is -2.23. The number of imide groups is 1. The molecule has 28 heavy (non-hydrogen) atoms. The molecular formula is C20H26N2O6. The van der Waals surface area contributed by atoms with E-state index in [-0.39, 0.29) is 24.9 Å². The van der Waals surface area contributed by atoms with Gasteiger partial charge in [-0.15, -0.1) is 0 Å². The van der Waals surface area contributed by atoms with Gasteiger partial charge in [0.05, 0.1) is 17.7 Å². The van der Waals surface area contributed by atoms with E-state index < -0.39 is 29.7 Å². The summed E-state index contributed by atoms with van der Waals surface area (Å²) in [5, 5.41) is 2.66. The first-order valence-corrected chi connectivity index (χ1v) is 9.24. The molecule has 3 amide bonds. The van der Waals surface area contributed by atoms with Gasteiger partial charge in [-0.1, -0.05) is 12.1 Å². The zero-order chi connectivity index (χ0) is 20.7. The van der Waals surface area contributed by atoms with Crippen LogP contribution in [0.4, 0.5) is 4.79 Å². The number of amides is 3. The molecule has 2 heterocycles. The molecule has 1 aromatic carbocycles. The maximum absolute atomic E-state index is 12.6. The standard InChI is InChI=1S/C20H26N2O6/c1-19(2,3)28-18(25)21-10-14-15(27-20(4,5)26-14)11-22-16(23)12-8-6-7-9-13(12)17(22)24/h6-9,14-15H,10-11H2,1-5H3,(H,21,25)/t14-,15-/m1/s1. The minimum absolute atomic E-state index is 0.0381. The lowest BCUT2D eigenvalue weighted by Crippen LogP contribution is -2.45. The maximum atomic E-state index is 12.6. The Morgan fingerprint density at radius 3 is 2.18 bits per heavy atom. The molecule has 3 rings (SSSR count). The first-order chi connectivity index (χ1) is 13.0. The summed E-state index contributed by atoms with van der Waals surface area (Å²) in [5.74, 6) is -1.61. The molecule has 1 fully saturated rings. The van der Waals surface area contributed by atoms with Crippen molar-refractivity contribution in [2.45, 2.75) is 58.2 Å². The van der Waals surface area contributed by atoms with E-state index in [2.05, 4.69) is 5.32 Å². The summed E-state index contributed by atoms with van der Waals surface area (Å²) in [6.45, 7) is 8.98. The van der Waals surface area contributed by atoms with Crippen molar-refractivity contribution in [1.29, 1.82) is 0 Å². The van der Waals surface area contributed by atoms with Gasteiger partial charge in [-0.25, -0.2) is 4.79 Å². The van der Waals surface area contributed by atoms with Crippen LogP contribution in [-0.2, 0) is 14.2 Å². The van der Waals surface area contributed by atoms with Crippen LogP contribution >= 0.6 is 0 Å². The third-order valence-electron chi connectivity index (χ3n) is 4.37. The Kier molecular flexibility index (Phi) is 5.20. The van der Waals surface area contributed by atoms with Crippen molar-refractivity contribution < 1.29 is 28.6 Å². The highest BCUT2D eigenvalue weighted by Crippen LogP contribution is 2.31. The van der Waals surface area contributed by atoms with E-state index in [0.717, 1.165) is 0 Å². The SMILES string of the molecule is CC(C)(C)OC(=O)NC[C@H]1OC(C)(C)O[C@@H]1CN1C(=O)c2ccccc2C1=O. The van der Waals surface area contributed by atoms with Gasteiger partial charge in [0.2, 0.25) is 0 Å². The van der Waals surface area contributed by atoms with E-state index in [1.807, 2.05) is 0 Å². The number of hydrogen-bond donors (Lipinski definition) is 1. The monoisotopic (exact) mass is 390 g/mol. The first kappa shape index (κ1) is 20.3. The van der Waals surface area contributed by atoms with E-state index in [0.29, 0.717) is 11.1 Å². The van der Waals surface area contributed by atoms with E-state index in [1.165, 1.54) is 4.90 Å². The molecule has 1 aromatic rings. The van der Waals surface area contributed by atoms with Crippen LogP contribution in [0.15, 0.2) is 24.3 Å². The lowest BCUT2D eigenvalue weighted by molar-refractivity contribution is -0.146. The fourth-order valence-corrected chi connectivity index (χ4v) is 3.32. The maximum Gasteiger partial charge on any atom is 0.407 e. The fraction of sp³-hybridized carbons (Fsp3) is 0.550. The Labute approximate surface area is 164 Å². The van der Waals surface area contributed by atoms with Crippen molar-refractivity contribution in [2.75, 3.05) is 13.1 Å². The molecular weight excluding hydrogens is 364 g/mol. The fourth-order valence-electron chi connectivity index (χ4n) is 3.32. The number of benzene rings is 1. The molecule has 8 heteroatoms. The van der Waals surface area contributed by atoms with Crippen molar-refractivity contribution >= 4 is 17.9 Å². The second-order valence-electron chi connectivity index (χ2n) is 8.36. The summed E-state index contributed by atoms with van der Waals surface area (Å²) in [6, 6.07) is 6.71. The van der Waals surface area contributed by atoms with Gasteiger partial charge in [-0.05, 0) is 46.8 Å². The van der Waals surface area contributed by atoms with Crippen molar-refractivity contribution in [3.05, 3.63) is 35.4 Å². The van der Waals surface area contributed by atoms with Crippen LogP contribution in [0, 0.1) is 0 Å². The topological polar surface area (TPSA) is 94.2 Å². The van der Waals surface area contributed by atoms with Crippen LogP contribution in [0.1, 0.15) is 55.3 Å². The molecule has 8 nitrogen and oxygen atoms in total. The molecule has 0 spiro atoms. The average Bonchev–Trinajstić information content (AvgIpc) is 3.00. The summed E-state index contributed by atoms with van der Waals surface area (Å²) >= 11 is 0. The molecule has 0 saturated carbocycles. The van der Waals surface area contributed by atoms with Crippen molar-refractivity contribution in [2.24, 2.45) is 0 Å². The second kappa shape index (κ2) is 7.18. The van der Waals surface area contributed by atoms with Gasteiger partial charge in [0, 0.05) is 6.54 Å². The van der Waals surface area contributed by atoms with Crippen LogP contribution in [0.3, 0.4) is 0 Å². The number of carbonyl (C=O) groups excluding carboxylic acids is 3. The highest BCUT2D eigenvalue weighted by molar-refractivity contribution is 6.21. The quantitative estimate of drug-likeness (QED) is 0.793. The van der Waals surface area contributed by atoms with Crippen LogP contribution < -0.4 is 5.32 Å². The Morgan fingerprint density at radius 1 is 1.11 bits per heavy atom. The smallest absolute Gasteiger partial charge is 0.407 e. The van der Waals surface area contributed by atoms with Crippen LogP contribution in [-0.4, -0.2) is 59.5 Å². The van der Waals surface area contributed by atoms with Gasteiger partial charge in [-0.3, -0.25) is 14.5 Å². The third-order valence-corrected chi connectivity index (χ3v) is 4.37. The van der Waals surface area contributed by atoms with Gasteiger partial charge < -0.3 is 19.5 Å². The predicted molar refractivity (Wildman–Crippen MR) is 99.9 cm³/mol. The molecule has 0 unspecified atom stereocenters. The zero-order valence-electron chi connectivity index (χ0n) is 16.8. The number of carbonyl (C=O) groups is 3. The summed E-state index contributed by atoms with van der Waals surface area (Å²) in [4.78, 5) is 38.3. The van der Waals surface area contributed by atoms with E-state index in [9.17, 15) is 14.4 Å². The molecule has 152 valence electrons. The highest BCUT2D eigenvalue weighted by Gasteiger charge is 2.45. The number of ether oxygens (including phenoxy) is 3. The molecule has 0 aromatic heterocycles. The molecule has 0 aliphatic carbocycles. The zero-order valence-corrected chi connectivity index (χ0v) is 16.8. The molecule has 2 atom stereocenters. The van der Waals surface area contributed by atoms with Gasteiger partial charge in [0.15, 0.2) is 5.79 Å². The average molecular weight is 390 g/mol. The molecule has 0 bridgehead atoms. The van der Waals surface area contributed by atoms with Gasteiger partial charge >= 0.3 is 6.09 Å². The van der Waals surface area contributed by atoms with Crippen LogP contribution in [0.25, 0.3) is 0 Å². The normalized spacial score (nSPS) is 23.7. The largest absolute Gasteiger partial charge is 0.444 e. The van der Waals surface area contributed by atoms with Crippen LogP contribution in [0.2, 0.25) is 0 Å². The Hall–Kier alpha value is -2.45. The highest BCUT2D eigenvalue weighted by atomic mass is 16.8. The van der Waals surface area contributed by atoms with Crippen LogP contribution in [0.5, 0.6) is 0 Å². The van der Waals surface area contributed by atoms with E-state index >= 15 is 0 Å². The van der Waals surface area contributed by atoms with Gasteiger partial charge in [0.1, 0.15) is 17.8 Å². The summed E-state index contributed by atoms with van der Waals surface area (Å²) in [7, 11) is 0. The summed E-state index contributed by atoms with van der Waals surface area (Å²) < 4.78 is 17.0. The molecule has 1 saturated heterocycles. The number of rotatable bonds is 4. The minimum atomic E-state index is -0.899. The Morgan fingerprint density at radius 2 is 1.64 bits per heavy atom. The Balaban J connectivity index is 1.67. The number of nitrogens with zero attached hydrogens (tertiary/aromatic N) is 1. The van der Waals surface area contributed by atoms with Crippen molar-refractivity contribution in [1.82, 2.24) is 10.2 Å². The number of alkyl carbamates (subject to hydrolysis) is 1. The van der Waals surface area contributed by atoms with E-state index in [1.54, 1.807) is 58.9 Å². The van der Waals surface area contributed by atoms with Crippen molar-refractivity contribution in [3.63, 3.8) is 0 Å². The minimum Gasteiger partial charge on any atom is -0.444 e. The molecule has 1 N–H and O–H groups in total. The second-order valence-corrected chi connectivity index (χ2v) is 8.36.